The minimum atomic E-state index is -4.12. The minimum absolute atomic E-state index is 0.110. The number of nitrogens with one attached hydrogen (secondary N) is 1. The van der Waals surface area contributed by atoms with Gasteiger partial charge in [0.15, 0.2) is 0 Å². The van der Waals surface area contributed by atoms with Crippen LogP contribution >= 0.6 is 0 Å². The van der Waals surface area contributed by atoms with Gasteiger partial charge in [0.2, 0.25) is 15.9 Å². The number of nitrogens with two attached hydrogens (primary N) is 2. The highest BCUT2D eigenvalue weighted by Crippen LogP contribution is 2.20. The molecule has 0 bridgehead atoms. The van der Waals surface area contributed by atoms with Crippen LogP contribution in [0.4, 0.5) is 10.1 Å². The van der Waals surface area contributed by atoms with Gasteiger partial charge in [0.05, 0.1) is 5.69 Å². The molecule has 19 heavy (non-hydrogen) atoms. The number of hydrogen-bond acceptors (Lipinski definition) is 4. The van der Waals surface area contributed by atoms with Crippen molar-refractivity contribution in [2.24, 2.45) is 11.7 Å². The standard InChI is InChI=1S/C11H16FN3O3S/c1-6(2)10(11(14)16)15-19(17,18)9-5-7(12)3-4-8(9)13/h3-6,10,15H,13H2,1-2H3,(H2,14,16). The summed E-state index contributed by atoms with van der Waals surface area (Å²) in [5.74, 6) is -1.90. The number of hydrogen-bond donors (Lipinski definition) is 3. The molecule has 0 radical (unpaired) electrons. The van der Waals surface area contributed by atoms with E-state index in [0.717, 1.165) is 18.2 Å². The molecule has 0 saturated carbocycles. The number of primary amides is 1. The Hall–Kier alpha value is -1.67. The smallest absolute Gasteiger partial charge is 0.243 e. The first-order valence-corrected chi connectivity index (χ1v) is 7.00. The van der Waals surface area contributed by atoms with Crippen molar-refractivity contribution in [1.29, 1.82) is 0 Å². The molecule has 6 nitrogen and oxygen atoms in total. The highest BCUT2D eigenvalue weighted by atomic mass is 32.2. The normalized spacial score (nSPS) is 13.5. The summed E-state index contributed by atoms with van der Waals surface area (Å²) in [6.45, 7) is 3.26. The fourth-order valence-corrected chi connectivity index (χ4v) is 2.99. The maximum absolute atomic E-state index is 13.1. The third kappa shape index (κ3) is 3.65. The molecule has 5 N–H and O–H groups in total. The van der Waals surface area contributed by atoms with E-state index < -0.39 is 32.7 Å². The zero-order valence-electron chi connectivity index (χ0n) is 10.6. The Morgan fingerprint density at radius 2 is 1.95 bits per heavy atom. The number of nitrogen functional groups attached to an aromatic ring is 1. The molecule has 0 aliphatic heterocycles. The maximum Gasteiger partial charge on any atom is 0.243 e. The van der Waals surface area contributed by atoms with Crippen molar-refractivity contribution >= 4 is 21.6 Å². The van der Waals surface area contributed by atoms with Crippen LogP contribution in [0.1, 0.15) is 13.8 Å². The van der Waals surface area contributed by atoms with Crippen molar-refractivity contribution < 1.29 is 17.6 Å². The first-order valence-electron chi connectivity index (χ1n) is 5.52. The van der Waals surface area contributed by atoms with E-state index in [2.05, 4.69) is 4.72 Å². The second-order valence-electron chi connectivity index (χ2n) is 4.43. The Balaban J connectivity index is 3.17. The third-order valence-electron chi connectivity index (χ3n) is 2.52. The van der Waals surface area contributed by atoms with Crippen LogP contribution in [0.25, 0.3) is 0 Å². The quantitative estimate of drug-likeness (QED) is 0.671. The molecule has 1 atom stereocenters. The van der Waals surface area contributed by atoms with E-state index in [1.54, 1.807) is 13.8 Å². The Morgan fingerprint density at radius 3 is 2.42 bits per heavy atom. The lowest BCUT2D eigenvalue weighted by Crippen LogP contribution is -2.47. The lowest BCUT2D eigenvalue weighted by atomic mass is 10.1. The Morgan fingerprint density at radius 1 is 1.37 bits per heavy atom. The summed E-state index contributed by atoms with van der Waals surface area (Å²) >= 11 is 0. The zero-order chi connectivity index (χ0) is 14.8. The Kier molecular flexibility index (Phi) is 4.48. The van der Waals surface area contributed by atoms with E-state index in [0.29, 0.717) is 0 Å². The van der Waals surface area contributed by atoms with Crippen molar-refractivity contribution in [1.82, 2.24) is 4.72 Å². The predicted octanol–water partition coefficient (Wildman–Crippen LogP) is 0.196. The number of anilines is 1. The fourth-order valence-electron chi connectivity index (χ4n) is 1.49. The third-order valence-corrected chi connectivity index (χ3v) is 4.02. The molecule has 1 aromatic carbocycles. The number of amides is 1. The van der Waals surface area contributed by atoms with Crippen LogP contribution in [0, 0.1) is 11.7 Å². The minimum Gasteiger partial charge on any atom is -0.398 e. The Bertz CT molecular complexity index is 587. The number of rotatable bonds is 5. The van der Waals surface area contributed by atoms with Gasteiger partial charge in [-0.1, -0.05) is 13.8 Å². The van der Waals surface area contributed by atoms with Gasteiger partial charge < -0.3 is 11.5 Å². The van der Waals surface area contributed by atoms with Crippen LogP contribution in [0.15, 0.2) is 23.1 Å². The second-order valence-corrected chi connectivity index (χ2v) is 6.11. The molecule has 0 heterocycles. The number of carbonyl (C=O) groups excluding carboxylic acids is 1. The SMILES string of the molecule is CC(C)C(NS(=O)(=O)c1cc(F)ccc1N)C(N)=O. The first kappa shape index (κ1) is 15.4. The first-order chi connectivity index (χ1) is 8.65. The molecule has 0 aliphatic rings. The molecule has 8 heteroatoms. The van der Waals surface area contributed by atoms with E-state index in [9.17, 15) is 17.6 Å². The number of benzene rings is 1. The van der Waals surface area contributed by atoms with Crippen molar-refractivity contribution in [2.45, 2.75) is 24.8 Å². The number of sulfonamides is 1. The van der Waals surface area contributed by atoms with E-state index in [1.165, 1.54) is 0 Å². The van der Waals surface area contributed by atoms with E-state index >= 15 is 0 Å². The number of carbonyl (C=O) groups is 1. The van der Waals surface area contributed by atoms with Gasteiger partial charge in [-0.2, -0.15) is 4.72 Å². The lowest BCUT2D eigenvalue weighted by Gasteiger charge is -2.19. The van der Waals surface area contributed by atoms with Crippen LogP contribution in [-0.2, 0) is 14.8 Å². The van der Waals surface area contributed by atoms with Gasteiger partial charge in [-0.15, -0.1) is 0 Å². The molecule has 106 valence electrons. The van der Waals surface area contributed by atoms with Gasteiger partial charge in [-0.25, -0.2) is 12.8 Å². The second kappa shape index (κ2) is 5.54. The number of halogens is 1. The topological polar surface area (TPSA) is 115 Å². The van der Waals surface area contributed by atoms with Gasteiger partial charge in [0.1, 0.15) is 16.8 Å². The molecule has 1 rings (SSSR count). The molecular formula is C11H16FN3O3S. The molecule has 1 aromatic rings. The Labute approximate surface area is 111 Å². The van der Waals surface area contributed by atoms with Crippen LogP contribution in [0.2, 0.25) is 0 Å². The van der Waals surface area contributed by atoms with Crippen molar-refractivity contribution in [2.75, 3.05) is 5.73 Å². The molecule has 1 unspecified atom stereocenters. The highest BCUT2D eigenvalue weighted by molar-refractivity contribution is 7.89. The molecule has 0 aliphatic carbocycles. The van der Waals surface area contributed by atoms with Crippen LogP contribution in [0.3, 0.4) is 0 Å². The zero-order valence-corrected chi connectivity index (χ0v) is 11.4. The lowest BCUT2D eigenvalue weighted by molar-refractivity contribution is -0.120. The van der Waals surface area contributed by atoms with Crippen LogP contribution in [-0.4, -0.2) is 20.4 Å². The summed E-state index contributed by atoms with van der Waals surface area (Å²) in [4.78, 5) is 10.8. The van der Waals surface area contributed by atoms with Crippen molar-refractivity contribution in [3.8, 4) is 0 Å². The van der Waals surface area contributed by atoms with Gasteiger partial charge in [0, 0.05) is 0 Å². The molecule has 0 aromatic heterocycles. The van der Waals surface area contributed by atoms with Gasteiger partial charge in [0.25, 0.3) is 0 Å². The largest absolute Gasteiger partial charge is 0.398 e. The van der Waals surface area contributed by atoms with Crippen molar-refractivity contribution in [3.63, 3.8) is 0 Å². The van der Waals surface area contributed by atoms with E-state index in [1.807, 2.05) is 0 Å². The van der Waals surface area contributed by atoms with Crippen LogP contribution in [0.5, 0.6) is 0 Å². The van der Waals surface area contributed by atoms with Gasteiger partial charge in [-0.05, 0) is 24.1 Å². The average Bonchev–Trinajstić information content (AvgIpc) is 2.28. The summed E-state index contributed by atoms with van der Waals surface area (Å²) in [6.07, 6.45) is 0. The van der Waals surface area contributed by atoms with Crippen molar-refractivity contribution in [3.05, 3.63) is 24.0 Å². The summed E-state index contributed by atoms with van der Waals surface area (Å²) in [5.41, 5.74) is 10.5. The van der Waals surface area contributed by atoms with Gasteiger partial charge >= 0.3 is 0 Å². The monoisotopic (exact) mass is 289 g/mol. The molecule has 0 spiro atoms. The van der Waals surface area contributed by atoms with Crippen LogP contribution < -0.4 is 16.2 Å². The van der Waals surface area contributed by atoms with E-state index in [-0.39, 0.29) is 11.6 Å². The molecule has 0 saturated heterocycles. The molecule has 1 amide bonds. The summed E-state index contributed by atoms with van der Waals surface area (Å²) in [5, 5.41) is 0. The van der Waals surface area contributed by atoms with E-state index in [4.69, 9.17) is 11.5 Å². The summed E-state index contributed by atoms with van der Waals surface area (Å²) in [7, 11) is -4.12. The highest BCUT2D eigenvalue weighted by Gasteiger charge is 2.28. The molecular weight excluding hydrogens is 273 g/mol. The average molecular weight is 289 g/mol. The summed E-state index contributed by atoms with van der Waals surface area (Å²) in [6, 6.07) is 1.88. The summed E-state index contributed by atoms with van der Waals surface area (Å²) < 4.78 is 39.3. The fraction of sp³-hybridized carbons (Fsp3) is 0.364. The van der Waals surface area contributed by atoms with Gasteiger partial charge in [-0.3, -0.25) is 4.79 Å². The molecule has 0 fully saturated rings. The maximum atomic E-state index is 13.1. The predicted molar refractivity (Wildman–Crippen MR) is 69.0 cm³/mol.